The van der Waals surface area contributed by atoms with Crippen molar-refractivity contribution < 1.29 is 24.6 Å². The Hall–Kier alpha value is -5.35. The first-order valence-corrected chi connectivity index (χ1v) is 17.0. The Morgan fingerprint density at radius 3 is 1.84 bits per heavy atom. The molecule has 8 bridgehead atoms. The lowest BCUT2D eigenvalue weighted by atomic mass is 9.98. The van der Waals surface area contributed by atoms with Crippen LogP contribution in [0.25, 0.3) is 56.5 Å². The van der Waals surface area contributed by atoms with E-state index in [-0.39, 0.29) is 31.6 Å². The van der Waals surface area contributed by atoms with Gasteiger partial charge in [0.1, 0.15) is 0 Å². The molecular formula is C40H45N5O5. The van der Waals surface area contributed by atoms with Crippen LogP contribution < -0.4 is 5.73 Å². The van der Waals surface area contributed by atoms with Crippen molar-refractivity contribution in [2.45, 2.75) is 79.1 Å². The Morgan fingerprint density at radius 1 is 0.720 bits per heavy atom. The van der Waals surface area contributed by atoms with Crippen molar-refractivity contribution in [1.82, 2.24) is 19.5 Å². The first kappa shape index (κ1) is 35.9. The maximum absolute atomic E-state index is 14.2. The standard InChI is InChI=1S/C40H45N5O5/c1-7-26-22(3)32-21-37-27(8-2)25(6)36(45(37)38(46)12-10-9-11-17-41)20-31-24(5)29(14-16-40(49)50)35(44-31)19-34-28(13-15-39(47)48)23(4)30(42-34)18-33(26)43-32/h7-8,18-21,43H,1-2,9-17,41H2,3-6H3,(H,47,48)(H,49,50). The number of nitrogens with two attached hydrogens (primary N) is 1. The molecule has 0 unspecified atom stereocenters. The van der Waals surface area contributed by atoms with Crippen LogP contribution in [0.15, 0.2) is 37.4 Å². The lowest BCUT2D eigenvalue weighted by Gasteiger charge is -2.07. The number of unbranched alkanes of at least 4 members (excludes halogenated alkanes) is 2. The lowest BCUT2D eigenvalue weighted by molar-refractivity contribution is -0.137. The fourth-order valence-corrected chi connectivity index (χ4v) is 6.88. The molecule has 5 rings (SSSR count). The highest BCUT2D eigenvalue weighted by molar-refractivity contribution is 6.00. The zero-order valence-corrected chi connectivity index (χ0v) is 29.3. The van der Waals surface area contributed by atoms with Crippen molar-refractivity contribution in [2.75, 3.05) is 6.54 Å². The van der Waals surface area contributed by atoms with E-state index in [4.69, 9.17) is 15.7 Å². The quantitative estimate of drug-likeness (QED) is 0.131. The molecule has 0 radical (unpaired) electrons. The van der Waals surface area contributed by atoms with E-state index in [9.17, 15) is 24.6 Å². The van der Waals surface area contributed by atoms with Crippen LogP contribution in [0.5, 0.6) is 0 Å². The third kappa shape index (κ3) is 7.02. The van der Waals surface area contributed by atoms with Crippen molar-refractivity contribution in [3.63, 3.8) is 0 Å². The number of hydrogen-bond acceptors (Lipinski definition) is 6. The summed E-state index contributed by atoms with van der Waals surface area (Å²) in [4.78, 5) is 51.1. The van der Waals surface area contributed by atoms with Crippen molar-refractivity contribution >= 4 is 74.4 Å². The van der Waals surface area contributed by atoms with Crippen LogP contribution in [-0.2, 0) is 9.59 Å². The molecule has 260 valence electrons. The highest BCUT2D eigenvalue weighted by atomic mass is 16.4. The van der Waals surface area contributed by atoms with E-state index in [1.165, 1.54) is 0 Å². The number of nitrogens with zero attached hydrogens (tertiary/aromatic N) is 3. The molecule has 3 aromatic heterocycles. The minimum absolute atomic E-state index is 0.0651. The van der Waals surface area contributed by atoms with Gasteiger partial charge in [-0.2, -0.15) is 0 Å². The Labute approximate surface area is 291 Å². The topological polar surface area (TPSA) is 164 Å². The maximum atomic E-state index is 14.2. The summed E-state index contributed by atoms with van der Waals surface area (Å²) in [6, 6.07) is 7.64. The largest absolute Gasteiger partial charge is 0.481 e. The van der Waals surface area contributed by atoms with Crippen LogP contribution in [0.1, 0.15) is 115 Å². The molecule has 50 heavy (non-hydrogen) atoms. The average Bonchev–Trinajstić information content (AvgIpc) is 3.72. The Bertz CT molecular complexity index is 2160. The molecule has 0 atom stereocenters. The van der Waals surface area contributed by atoms with Crippen LogP contribution in [-0.4, -0.2) is 54.1 Å². The van der Waals surface area contributed by atoms with Crippen molar-refractivity contribution in [2.24, 2.45) is 5.73 Å². The van der Waals surface area contributed by atoms with Crippen LogP contribution in [0, 0.1) is 13.8 Å². The van der Waals surface area contributed by atoms with Crippen LogP contribution in [0.4, 0.5) is 0 Å². The van der Waals surface area contributed by atoms with Gasteiger partial charge in [0.15, 0.2) is 0 Å². The third-order valence-electron chi connectivity index (χ3n) is 9.73. The smallest absolute Gasteiger partial charge is 0.303 e. The van der Waals surface area contributed by atoms with Gasteiger partial charge in [0, 0.05) is 41.4 Å². The molecule has 0 spiro atoms. The normalized spacial score (nSPS) is 12.8. The second-order valence-corrected chi connectivity index (χ2v) is 12.9. The number of hydrogen-bond donors (Lipinski definition) is 4. The number of carbonyl (C=O) groups is 3. The summed E-state index contributed by atoms with van der Waals surface area (Å²) < 4.78 is 1.75. The molecule has 5 heterocycles. The second-order valence-electron chi connectivity index (χ2n) is 12.9. The van der Waals surface area contributed by atoms with Gasteiger partial charge in [-0.1, -0.05) is 31.7 Å². The zero-order chi connectivity index (χ0) is 36.3. The molecule has 5 N–H and O–H groups in total. The fraction of sp³-hybridized carbons (Fsp3) is 0.325. The summed E-state index contributed by atoms with van der Waals surface area (Å²) in [6.45, 7) is 16.6. The van der Waals surface area contributed by atoms with E-state index < -0.39 is 11.9 Å². The monoisotopic (exact) mass is 675 g/mol. The molecule has 0 fully saturated rings. The van der Waals surface area contributed by atoms with E-state index in [0.717, 1.165) is 68.4 Å². The number of allylic oxidation sites excluding steroid dienone is 4. The van der Waals surface area contributed by atoms with E-state index in [1.54, 1.807) is 16.7 Å². The molecule has 0 saturated carbocycles. The number of rotatable bonds is 13. The number of aromatic nitrogens is 4. The Morgan fingerprint density at radius 2 is 1.30 bits per heavy atom. The highest BCUT2D eigenvalue weighted by Crippen LogP contribution is 2.38. The number of aromatic amines is 1. The van der Waals surface area contributed by atoms with Crippen LogP contribution in [0.2, 0.25) is 0 Å². The van der Waals surface area contributed by atoms with E-state index in [1.807, 2.05) is 52.0 Å². The van der Waals surface area contributed by atoms with Crippen molar-refractivity contribution in [3.8, 4) is 0 Å². The first-order valence-electron chi connectivity index (χ1n) is 17.0. The lowest BCUT2D eigenvalue weighted by Crippen LogP contribution is -2.10. The highest BCUT2D eigenvalue weighted by Gasteiger charge is 2.24. The number of carbonyl (C=O) groups excluding carboxylic acids is 1. The number of aryl methyl sites for hydroxylation is 2. The Balaban J connectivity index is 1.96. The van der Waals surface area contributed by atoms with E-state index in [2.05, 4.69) is 18.1 Å². The molecular weight excluding hydrogens is 630 g/mol. The van der Waals surface area contributed by atoms with E-state index in [0.29, 0.717) is 53.2 Å². The predicted octanol–water partition coefficient (Wildman–Crippen LogP) is 8.44. The SMILES string of the molecule is C=Cc1c(C)c2cc3c(C=C)c(C)c(cc4nc(cc5nc(cc1[nH]2)C(C)=C5CCC(=O)O)C(CCC(=O)O)=C4C)n3C(=O)CCCCCN. The number of carboxylic acid groups (broad SMARTS) is 2. The molecule has 10 heteroatoms. The summed E-state index contributed by atoms with van der Waals surface area (Å²) >= 11 is 0. The zero-order valence-electron chi connectivity index (χ0n) is 29.3. The third-order valence-corrected chi connectivity index (χ3v) is 9.73. The minimum Gasteiger partial charge on any atom is -0.481 e. The first-order chi connectivity index (χ1) is 23.9. The predicted molar refractivity (Wildman–Crippen MR) is 201 cm³/mol. The summed E-state index contributed by atoms with van der Waals surface area (Å²) in [7, 11) is 0. The van der Waals surface area contributed by atoms with Gasteiger partial charge in [0.2, 0.25) is 5.91 Å². The van der Waals surface area contributed by atoms with Crippen LogP contribution >= 0.6 is 0 Å². The minimum atomic E-state index is -0.930. The molecule has 0 aromatic carbocycles. The Kier molecular flexibility index (Phi) is 10.8. The van der Waals surface area contributed by atoms with Gasteiger partial charge in [0.25, 0.3) is 0 Å². The van der Waals surface area contributed by atoms with Gasteiger partial charge >= 0.3 is 11.9 Å². The average molecular weight is 676 g/mol. The van der Waals surface area contributed by atoms with Gasteiger partial charge in [-0.15, -0.1) is 0 Å². The number of H-pyrrole nitrogens is 1. The summed E-state index contributed by atoms with van der Waals surface area (Å²) in [6.07, 6.45) is 6.58. The second kappa shape index (κ2) is 15.0. The van der Waals surface area contributed by atoms with E-state index >= 15 is 0 Å². The summed E-state index contributed by atoms with van der Waals surface area (Å²) in [5, 5.41) is 19.2. The fourth-order valence-electron chi connectivity index (χ4n) is 6.88. The number of nitrogens with one attached hydrogen (secondary N) is 1. The molecule has 0 amide bonds. The number of fused-ring (bicyclic) bond motifs is 8. The molecule has 2 aliphatic heterocycles. The van der Waals surface area contributed by atoms with Gasteiger partial charge in [0.05, 0.1) is 33.8 Å². The summed E-state index contributed by atoms with van der Waals surface area (Å²) in [5.41, 5.74) is 17.8. The van der Waals surface area contributed by atoms with Gasteiger partial charge in [-0.05, 0) is 118 Å². The molecule has 0 aliphatic carbocycles. The molecule has 3 aromatic rings. The van der Waals surface area contributed by atoms with Crippen LogP contribution in [0.3, 0.4) is 0 Å². The van der Waals surface area contributed by atoms with Gasteiger partial charge < -0.3 is 20.9 Å². The maximum Gasteiger partial charge on any atom is 0.303 e. The molecule has 2 aliphatic rings. The number of carboxylic acids is 2. The van der Waals surface area contributed by atoms with Gasteiger partial charge in [-0.3, -0.25) is 19.0 Å². The molecule has 0 saturated heterocycles. The molecule has 10 nitrogen and oxygen atoms in total. The van der Waals surface area contributed by atoms with Crippen molar-refractivity contribution in [3.05, 3.63) is 82.5 Å². The number of aliphatic carboxylic acids is 2. The summed E-state index contributed by atoms with van der Waals surface area (Å²) in [5.74, 6) is -1.91. The van der Waals surface area contributed by atoms with Crippen molar-refractivity contribution in [1.29, 1.82) is 0 Å². The van der Waals surface area contributed by atoms with Gasteiger partial charge in [-0.25, -0.2) is 9.97 Å².